The third-order valence-corrected chi connectivity index (χ3v) is 6.33. The van der Waals surface area contributed by atoms with E-state index in [-0.39, 0.29) is 5.75 Å². The molecule has 2 fully saturated rings. The Hall–Kier alpha value is -0.620. The molecule has 1 saturated heterocycles. The van der Waals surface area contributed by atoms with Gasteiger partial charge in [-0.1, -0.05) is 6.92 Å². The normalized spacial score (nSPS) is 37.3. The summed E-state index contributed by atoms with van der Waals surface area (Å²) in [7, 11) is -3.39. The second-order valence-electron chi connectivity index (χ2n) is 5.61. The van der Waals surface area contributed by atoms with Crippen molar-refractivity contribution in [2.75, 3.05) is 12.3 Å². The summed E-state index contributed by atoms with van der Waals surface area (Å²) < 4.78 is 25.6. The molecule has 0 aromatic heterocycles. The van der Waals surface area contributed by atoms with Crippen LogP contribution in [0.1, 0.15) is 45.4 Å². The van der Waals surface area contributed by atoms with Gasteiger partial charge < -0.3 is 5.11 Å². The number of carboxylic acids is 1. The van der Waals surface area contributed by atoms with Gasteiger partial charge in [0.25, 0.3) is 0 Å². The molecule has 0 amide bonds. The van der Waals surface area contributed by atoms with Crippen LogP contribution in [0.15, 0.2) is 0 Å². The number of hydrogen-bond donors (Lipinski definition) is 1. The fraction of sp³-hybridized carbons (Fsp3) is 0.917. The largest absolute Gasteiger partial charge is 0.480 e. The van der Waals surface area contributed by atoms with Crippen LogP contribution < -0.4 is 0 Å². The van der Waals surface area contributed by atoms with E-state index in [9.17, 15) is 18.3 Å². The van der Waals surface area contributed by atoms with Crippen LogP contribution in [0.5, 0.6) is 0 Å². The van der Waals surface area contributed by atoms with Gasteiger partial charge in [0.05, 0.1) is 5.75 Å². The Kier molecular flexibility index (Phi) is 3.69. The predicted molar refractivity (Wildman–Crippen MR) is 67.7 cm³/mol. The van der Waals surface area contributed by atoms with Crippen LogP contribution in [0.2, 0.25) is 0 Å². The van der Waals surface area contributed by atoms with Crippen LogP contribution in [0.25, 0.3) is 0 Å². The van der Waals surface area contributed by atoms with E-state index < -0.39 is 21.5 Å². The number of carbonyl (C=O) groups is 1. The number of sulfonamides is 1. The van der Waals surface area contributed by atoms with Crippen molar-refractivity contribution < 1.29 is 18.3 Å². The molecule has 104 valence electrons. The fourth-order valence-corrected chi connectivity index (χ4v) is 5.07. The van der Waals surface area contributed by atoms with Gasteiger partial charge in [-0.05, 0) is 44.4 Å². The van der Waals surface area contributed by atoms with Crippen LogP contribution >= 0.6 is 0 Å². The van der Waals surface area contributed by atoms with Gasteiger partial charge in [0.15, 0.2) is 0 Å². The van der Waals surface area contributed by atoms with Crippen molar-refractivity contribution in [1.82, 2.24) is 4.31 Å². The Morgan fingerprint density at radius 1 is 1.28 bits per heavy atom. The van der Waals surface area contributed by atoms with Crippen LogP contribution in [-0.4, -0.2) is 41.6 Å². The SMILES string of the molecule is CC1CCC(C(=O)O)(N2CCCCS2(=O)=O)CC1. The molecule has 5 nitrogen and oxygen atoms in total. The molecule has 2 rings (SSSR count). The summed E-state index contributed by atoms with van der Waals surface area (Å²) in [5, 5.41) is 9.55. The summed E-state index contributed by atoms with van der Waals surface area (Å²) >= 11 is 0. The zero-order valence-corrected chi connectivity index (χ0v) is 11.6. The molecule has 1 heterocycles. The van der Waals surface area contributed by atoms with E-state index in [0.717, 1.165) is 19.3 Å². The maximum atomic E-state index is 12.1. The van der Waals surface area contributed by atoms with Crippen molar-refractivity contribution in [1.29, 1.82) is 0 Å². The lowest BCUT2D eigenvalue weighted by Gasteiger charge is -2.44. The second kappa shape index (κ2) is 4.81. The van der Waals surface area contributed by atoms with Gasteiger partial charge in [0, 0.05) is 6.54 Å². The second-order valence-corrected chi connectivity index (χ2v) is 7.63. The molecule has 0 aromatic rings. The van der Waals surface area contributed by atoms with Crippen molar-refractivity contribution in [3.63, 3.8) is 0 Å². The monoisotopic (exact) mass is 275 g/mol. The van der Waals surface area contributed by atoms with E-state index in [0.29, 0.717) is 31.7 Å². The van der Waals surface area contributed by atoms with Gasteiger partial charge in [-0.25, -0.2) is 8.42 Å². The predicted octanol–water partition coefficient (Wildman–Crippen LogP) is 1.45. The maximum absolute atomic E-state index is 12.1. The standard InChI is InChI=1S/C12H21NO4S/c1-10-4-6-12(7-5-10,11(14)15)13-8-2-3-9-18(13,16)17/h10H,2-9H2,1H3,(H,14,15). The quantitative estimate of drug-likeness (QED) is 0.827. The molecule has 0 atom stereocenters. The third-order valence-electron chi connectivity index (χ3n) is 4.33. The summed E-state index contributed by atoms with van der Waals surface area (Å²) in [5.74, 6) is -0.387. The van der Waals surface area contributed by atoms with E-state index in [1.807, 2.05) is 0 Å². The Balaban J connectivity index is 2.33. The Morgan fingerprint density at radius 3 is 2.39 bits per heavy atom. The minimum atomic E-state index is -3.39. The highest BCUT2D eigenvalue weighted by Gasteiger charge is 2.51. The average Bonchev–Trinajstić information content (AvgIpc) is 2.30. The minimum Gasteiger partial charge on any atom is -0.480 e. The van der Waals surface area contributed by atoms with Crippen molar-refractivity contribution in [2.24, 2.45) is 5.92 Å². The van der Waals surface area contributed by atoms with Gasteiger partial charge in [-0.3, -0.25) is 4.79 Å². The van der Waals surface area contributed by atoms with Crippen molar-refractivity contribution in [3.05, 3.63) is 0 Å². The molecule has 1 saturated carbocycles. The molecule has 2 aliphatic rings. The molecule has 1 aliphatic carbocycles. The van der Waals surface area contributed by atoms with Gasteiger partial charge in [-0.15, -0.1) is 0 Å². The first kappa shape index (κ1) is 13.8. The number of nitrogens with zero attached hydrogens (tertiary/aromatic N) is 1. The van der Waals surface area contributed by atoms with Gasteiger partial charge in [0.1, 0.15) is 5.54 Å². The van der Waals surface area contributed by atoms with E-state index >= 15 is 0 Å². The lowest BCUT2D eigenvalue weighted by Crippen LogP contribution is -2.60. The molecule has 1 aliphatic heterocycles. The highest BCUT2D eigenvalue weighted by atomic mass is 32.2. The van der Waals surface area contributed by atoms with Crippen molar-refractivity contribution >= 4 is 16.0 Å². The smallest absolute Gasteiger partial charge is 0.325 e. The summed E-state index contributed by atoms with van der Waals surface area (Å²) in [6.45, 7) is 2.46. The van der Waals surface area contributed by atoms with Gasteiger partial charge in [0.2, 0.25) is 10.0 Å². The van der Waals surface area contributed by atoms with E-state index in [1.54, 1.807) is 0 Å². The Bertz CT molecular complexity index is 423. The number of hydrogen-bond acceptors (Lipinski definition) is 3. The average molecular weight is 275 g/mol. The highest BCUT2D eigenvalue weighted by Crippen LogP contribution is 2.39. The molecule has 0 radical (unpaired) electrons. The number of carboxylic acid groups (broad SMARTS) is 1. The first-order valence-corrected chi connectivity index (χ1v) is 8.23. The van der Waals surface area contributed by atoms with E-state index in [1.165, 1.54) is 4.31 Å². The molecule has 1 N–H and O–H groups in total. The molecule has 6 heteroatoms. The number of rotatable bonds is 2. The molecular weight excluding hydrogens is 254 g/mol. The zero-order chi connectivity index (χ0) is 13.4. The molecule has 0 bridgehead atoms. The van der Waals surface area contributed by atoms with Crippen LogP contribution in [-0.2, 0) is 14.8 Å². The number of aliphatic carboxylic acids is 1. The van der Waals surface area contributed by atoms with Crippen molar-refractivity contribution in [3.8, 4) is 0 Å². The first-order chi connectivity index (χ1) is 8.38. The van der Waals surface area contributed by atoms with Gasteiger partial charge >= 0.3 is 5.97 Å². The minimum absolute atomic E-state index is 0.0948. The molecule has 0 aromatic carbocycles. The maximum Gasteiger partial charge on any atom is 0.325 e. The molecule has 0 spiro atoms. The van der Waals surface area contributed by atoms with Crippen LogP contribution in [0, 0.1) is 5.92 Å². The summed E-state index contributed by atoms with van der Waals surface area (Å²) in [6, 6.07) is 0. The van der Waals surface area contributed by atoms with Crippen LogP contribution in [0.3, 0.4) is 0 Å². The topological polar surface area (TPSA) is 74.7 Å². The highest BCUT2D eigenvalue weighted by molar-refractivity contribution is 7.89. The zero-order valence-electron chi connectivity index (χ0n) is 10.8. The summed E-state index contributed by atoms with van der Waals surface area (Å²) in [6.07, 6.45) is 3.89. The Labute approximate surface area is 108 Å². The summed E-state index contributed by atoms with van der Waals surface area (Å²) in [5.41, 5.74) is -1.17. The lowest BCUT2D eigenvalue weighted by molar-refractivity contribution is -0.151. The Morgan fingerprint density at radius 2 is 1.89 bits per heavy atom. The lowest BCUT2D eigenvalue weighted by atomic mass is 9.77. The van der Waals surface area contributed by atoms with E-state index in [4.69, 9.17) is 0 Å². The molecule has 18 heavy (non-hydrogen) atoms. The van der Waals surface area contributed by atoms with Crippen molar-refractivity contribution in [2.45, 2.75) is 51.0 Å². The van der Waals surface area contributed by atoms with Gasteiger partial charge in [-0.2, -0.15) is 4.31 Å². The van der Waals surface area contributed by atoms with Crippen LogP contribution in [0.4, 0.5) is 0 Å². The molecule has 0 unspecified atom stereocenters. The van der Waals surface area contributed by atoms with E-state index in [2.05, 4.69) is 6.92 Å². The first-order valence-electron chi connectivity index (χ1n) is 6.62. The third kappa shape index (κ3) is 2.28. The fourth-order valence-electron chi connectivity index (χ4n) is 3.08. The summed E-state index contributed by atoms with van der Waals surface area (Å²) in [4.78, 5) is 11.7. The molecular formula is C12H21NO4S.